The first-order valence-electron chi connectivity index (χ1n) is 5.63. The molecule has 94 valence electrons. The maximum Gasteiger partial charge on any atom is 0.281 e. The van der Waals surface area contributed by atoms with Crippen molar-refractivity contribution in [1.29, 1.82) is 0 Å². The van der Waals surface area contributed by atoms with E-state index in [0.29, 0.717) is 16.1 Å². The maximum absolute atomic E-state index is 5.84. The van der Waals surface area contributed by atoms with Crippen LogP contribution in [0.4, 0.5) is 0 Å². The first kappa shape index (κ1) is 12.3. The molecule has 0 fully saturated rings. The summed E-state index contributed by atoms with van der Waals surface area (Å²) in [5, 5.41) is 9.28. The van der Waals surface area contributed by atoms with Gasteiger partial charge in [0.2, 0.25) is 5.89 Å². The fourth-order valence-corrected chi connectivity index (χ4v) is 2.35. The number of aromatic nitrogens is 2. The summed E-state index contributed by atoms with van der Waals surface area (Å²) < 4.78 is 5.61. The molecule has 0 saturated carbocycles. The minimum Gasteiger partial charge on any atom is -0.411 e. The van der Waals surface area contributed by atoms with E-state index < -0.39 is 0 Å². The first-order chi connectivity index (χ1) is 9.31. The molecular formula is C14H9ClN2OS. The molecule has 2 aromatic carbocycles. The van der Waals surface area contributed by atoms with Gasteiger partial charge in [0, 0.05) is 15.5 Å². The van der Waals surface area contributed by atoms with Crippen molar-refractivity contribution in [2.45, 2.75) is 10.1 Å². The van der Waals surface area contributed by atoms with Crippen LogP contribution in [0.3, 0.4) is 0 Å². The lowest BCUT2D eigenvalue weighted by Gasteiger charge is -1.96. The highest BCUT2D eigenvalue weighted by Crippen LogP contribution is 2.29. The van der Waals surface area contributed by atoms with Crippen LogP contribution in [-0.2, 0) is 0 Å². The molecular weight excluding hydrogens is 280 g/mol. The normalized spacial score (nSPS) is 10.6. The van der Waals surface area contributed by atoms with Crippen LogP contribution < -0.4 is 0 Å². The molecule has 0 spiro atoms. The zero-order valence-electron chi connectivity index (χ0n) is 9.79. The SMILES string of the molecule is Clc1ccc(Sc2nnc(-c3ccccc3)o2)cc1. The Bertz CT molecular complexity index is 667. The van der Waals surface area contributed by atoms with Gasteiger partial charge in [0.05, 0.1) is 0 Å². The summed E-state index contributed by atoms with van der Waals surface area (Å²) in [6, 6.07) is 17.2. The second kappa shape index (κ2) is 5.47. The van der Waals surface area contributed by atoms with E-state index in [-0.39, 0.29) is 0 Å². The number of hydrogen-bond acceptors (Lipinski definition) is 4. The van der Waals surface area contributed by atoms with Crippen molar-refractivity contribution >= 4 is 23.4 Å². The lowest BCUT2D eigenvalue weighted by molar-refractivity contribution is 0.466. The lowest BCUT2D eigenvalue weighted by Crippen LogP contribution is -1.75. The predicted molar refractivity (Wildman–Crippen MR) is 75.3 cm³/mol. The van der Waals surface area contributed by atoms with Crippen molar-refractivity contribution in [1.82, 2.24) is 10.2 Å². The van der Waals surface area contributed by atoms with Crippen LogP contribution in [0, 0.1) is 0 Å². The summed E-state index contributed by atoms with van der Waals surface area (Å²) in [5.41, 5.74) is 0.915. The molecule has 0 saturated heterocycles. The number of hydrogen-bond donors (Lipinski definition) is 0. The Kier molecular flexibility index (Phi) is 3.53. The third-order valence-corrected chi connectivity index (χ3v) is 3.55. The second-order valence-corrected chi connectivity index (χ2v) is 5.26. The number of benzene rings is 2. The van der Waals surface area contributed by atoms with E-state index in [2.05, 4.69) is 10.2 Å². The summed E-state index contributed by atoms with van der Waals surface area (Å²) in [6.07, 6.45) is 0. The van der Waals surface area contributed by atoms with Gasteiger partial charge in [-0.2, -0.15) is 0 Å². The Morgan fingerprint density at radius 2 is 1.63 bits per heavy atom. The van der Waals surface area contributed by atoms with E-state index in [9.17, 15) is 0 Å². The molecule has 3 nitrogen and oxygen atoms in total. The molecule has 1 heterocycles. The Morgan fingerprint density at radius 3 is 2.37 bits per heavy atom. The lowest BCUT2D eigenvalue weighted by atomic mass is 10.2. The highest BCUT2D eigenvalue weighted by atomic mass is 35.5. The molecule has 5 heteroatoms. The summed E-state index contributed by atoms with van der Waals surface area (Å²) >= 11 is 7.25. The van der Waals surface area contributed by atoms with Crippen molar-refractivity contribution < 1.29 is 4.42 Å². The highest BCUT2D eigenvalue weighted by Gasteiger charge is 2.09. The van der Waals surface area contributed by atoms with Crippen LogP contribution in [0.15, 0.2) is 69.1 Å². The Balaban J connectivity index is 1.80. The maximum atomic E-state index is 5.84. The molecule has 0 amide bonds. The van der Waals surface area contributed by atoms with Crippen LogP contribution in [0.5, 0.6) is 0 Å². The van der Waals surface area contributed by atoms with Crippen LogP contribution in [0.1, 0.15) is 0 Å². The molecule has 0 bridgehead atoms. The molecule has 0 atom stereocenters. The monoisotopic (exact) mass is 288 g/mol. The Labute approximate surface area is 119 Å². The smallest absolute Gasteiger partial charge is 0.281 e. The van der Waals surface area contributed by atoms with E-state index in [0.717, 1.165) is 10.5 Å². The predicted octanol–water partition coefficient (Wildman–Crippen LogP) is 4.54. The number of nitrogens with zero attached hydrogens (tertiary/aromatic N) is 2. The third kappa shape index (κ3) is 2.97. The molecule has 0 aliphatic heterocycles. The van der Waals surface area contributed by atoms with Crippen molar-refractivity contribution in [3.05, 3.63) is 59.6 Å². The zero-order valence-corrected chi connectivity index (χ0v) is 11.4. The quantitative estimate of drug-likeness (QED) is 0.709. The van der Waals surface area contributed by atoms with Crippen LogP contribution in [0.25, 0.3) is 11.5 Å². The average Bonchev–Trinajstić information content (AvgIpc) is 2.91. The molecule has 0 N–H and O–H groups in total. The number of rotatable bonds is 3. The standard InChI is InChI=1S/C14H9ClN2OS/c15-11-6-8-12(9-7-11)19-14-17-16-13(18-14)10-4-2-1-3-5-10/h1-9H. The van der Waals surface area contributed by atoms with Gasteiger partial charge in [-0.1, -0.05) is 29.8 Å². The van der Waals surface area contributed by atoms with Gasteiger partial charge in [-0.25, -0.2) is 0 Å². The van der Waals surface area contributed by atoms with Gasteiger partial charge in [-0.05, 0) is 48.2 Å². The summed E-state index contributed by atoms with van der Waals surface area (Å²) in [4.78, 5) is 1.01. The van der Waals surface area contributed by atoms with Crippen molar-refractivity contribution in [2.24, 2.45) is 0 Å². The molecule has 3 aromatic rings. The largest absolute Gasteiger partial charge is 0.411 e. The van der Waals surface area contributed by atoms with Crippen molar-refractivity contribution in [3.63, 3.8) is 0 Å². The van der Waals surface area contributed by atoms with Gasteiger partial charge in [0.15, 0.2) is 0 Å². The van der Waals surface area contributed by atoms with E-state index in [1.807, 2.05) is 54.6 Å². The van der Waals surface area contributed by atoms with E-state index >= 15 is 0 Å². The first-order valence-corrected chi connectivity index (χ1v) is 6.83. The van der Waals surface area contributed by atoms with Crippen molar-refractivity contribution in [3.8, 4) is 11.5 Å². The molecule has 0 aliphatic rings. The molecule has 19 heavy (non-hydrogen) atoms. The molecule has 3 rings (SSSR count). The number of halogens is 1. The second-order valence-electron chi connectivity index (χ2n) is 3.80. The average molecular weight is 289 g/mol. The van der Waals surface area contributed by atoms with E-state index in [1.165, 1.54) is 11.8 Å². The highest BCUT2D eigenvalue weighted by molar-refractivity contribution is 7.99. The zero-order chi connectivity index (χ0) is 13.1. The fraction of sp³-hybridized carbons (Fsp3) is 0. The topological polar surface area (TPSA) is 38.9 Å². The van der Waals surface area contributed by atoms with Gasteiger partial charge in [0.25, 0.3) is 5.22 Å². The minimum absolute atomic E-state index is 0.515. The molecule has 0 radical (unpaired) electrons. The Hall–Kier alpha value is -1.78. The summed E-state index contributed by atoms with van der Waals surface area (Å²) in [6.45, 7) is 0. The van der Waals surface area contributed by atoms with Gasteiger partial charge in [-0.3, -0.25) is 0 Å². The van der Waals surface area contributed by atoms with Gasteiger partial charge in [0.1, 0.15) is 0 Å². The van der Waals surface area contributed by atoms with Gasteiger partial charge >= 0.3 is 0 Å². The fourth-order valence-electron chi connectivity index (χ4n) is 1.55. The van der Waals surface area contributed by atoms with Crippen LogP contribution in [-0.4, -0.2) is 10.2 Å². The van der Waals surface area contributed by atoms with Crippen LogP contribution >= 0.6 is 23.4 Å². The minimum atomic E-state index is 0.515. The van der Waals surface area contributed by atoms with Gasteiger partial charge < -0.3 is 4.42 Å². The third-order valence-electron chi connectivity index (χ3n) is 2.45. The molecule has 0 unspecified atom stereocenters. The van der Waals surface area contributed by atoms with E-state index in [1.54, 1.807) is 0 Å². The molecule has 0 aliphatic carbocycles. The van der Waals surface area contributed by atoms with Gasteiger partial charge in [-0.15, -0.1) is 10.2 Å². The Morgan fingerprint density at radius 1 is 0.895 bits per heavy atom. The van der Waals surface area contributed by atoms with Crippen LogP contribution in [0.2, 0.25) is 5.02 Å². The summed E-state index contributed by atoms with van der Waals surface area (Å²) in [5.74, 6) is 0.525. The van der Waals surface area contributed by atoms with E-state index in [4.69, 9.17) is 16.0 Å². The summed E-state index contributed by atoms with van der Waals surface area (Å²) in [7, 11) is 0. The molecule has 1 aromatic heterocycles. The van der Waals surface area contributed by atoms with Crippen molar-refractivity contribution in [2.75, 3.05) is 0 Å².